The van der Waals surface area contributed by atoms with E-state index >= 15 is 0 Å². The van der Waals surface area contributed by atoms with Gasteiger partial charge in [0.15, 0.2) is 0 Å². The van der Waals surface area contributed by atoms with Crippen LogP contribution >= 0.6 is 0 Å². The van der Waals surface area contributed by atoms with E-state index in [0.717, 1.165) is 16.8 Å². The lowest BCUT2D eigenvalue weighted by Crippen LogP contribution is -2.50. The predicted molar refractivity (Wildman–Crippen MR) is 81.4 cm³/mol. The Morgan fingerprint density at radius 1 is 1.50 bits per heavy atom. The number of urea groups is 1. The van der Waals surface area contributed by atoms with Gasteiger partial charge in [-0.25, -0.2) is 13.6 Å². The number of pyridine rings is 1. The van der Waals surface area contributed by atoms with E-state index in [0.29, 0.717) is 0 Å². The lowest BCUT2D eigenvalue weighted by atomic mass is 10.1. The summed E-state index contributed by atoms with van der Waals surface area (Å²) < 4.78 is 31.8. The number of rotatable bonds is 4. The zero-order valence-corrected chi connectivity index (χ0v) is 13.0. The highest BCUT2D eigenvalue weighted by Crippen LogP contribution is 2.26. The second-order valence-electron chi connectivity index (χ2n) is 5.64. The number of nitrogens with zero attached hydrogens (tertiary/aromatic N) is 3. The van der Waals surface area contributed by atoms with Crippen LogP contribution < -0.4 is 5.32 Å². The number of alkyl halides is 2. The van der Waals surface area contributed by atoms with Gasteiger partial charge >= 0.3 is 6.03 Å². The van der Waals surface area contributed by atoms with E-state index < -0.39 is 24.6 Å². The van der Waals surface area contributed by atoms with Crippen LogP contribution in [-0.4, -0.2) is 58.3 Å². The Kier molecular flexibility index (Phi) is 4.43. The van der Waals surface area contributed by atoms with Crippen molar-refractivity contribution < 1.29 is 18.3 Å². The van der Waals surface area contributed by atoms with Gasteiger partial charge < -0.3 is 15.0 Å². The van der Waals surface area contributed by atoms with E-state index in [1.807, 2.05) is 0 Å². The number of aromatic amines is 1. The second-order valence-corrected chi connectivity index (χ2v) is 5.64. The Balaban J connectivity index is 1.69. The molecular formula is C15H17F2N5O2. The van der Waals surface area contributed by atoms with Crippen molar-refractivity contribution >= 4 is 6.03 Å². The second kappa shape index (κ2) is 6.52. The molecule has 128 valence electrons. The quantitative estimate of drug-likeness (QED) is 0.889. The van der Waals surface area contributed by atoms with E-state index in [4.69, 9.17) is 4.74 Å². The zero-order valence-electron chi connectivity index (χ0n) is 13.0. The molecular weight excluding hydrogens is 320 g/mol. The number of halogens is 2. The van der Waals surface area contributed by atoms with Crippen molar-refractivity contribution in [3.63, 3.8) is 0 Å². The fourth-order valence-electron chi connectivity index (χ4n) is 2.48. The van der Waals surface area contributed by atoms with E-state index in [1.54, 1.807) is 37.8 Å². The summed E-state index contributed by atoms with van der Waals surface area (Å²) in [7, 11) is 1.54. The van der Waals surface area contributed by atoms with Gasteiger partial charge in [-0.15, -0.1) is 0 Å². The van der Waals surface area contributed by atoms with E-state index in [1.165, 1.54) is 4.90 Å². The number of nitrogens with one attached hydrogen (secondary N) is 2. The minimum atomic E-state index is -3.05. The van der Waals surface area contributed by atoms with Crippen LogP contribution in [0.5, 0.6) is 0 Å². The number of H-pyrrole nitrogens is 1. The van der Waals surface area contributed by atoms with Crippen LogP contribution in [-0.2, 0) is 11.3 Å². The van der Waals surface area contributed by atoms with Crippen molar-refractivity contribution in [2.24, 2.45) is 0 Å². The summed E-state index contributed by atoms with van der Waals surface area (Å²) in [4.78, 5) is 17.6. The fourth-order valence-corrected chi connectivity index (χ4v) is 2.48. The molecule has 0 spiro atoms. The molecule has 1 fully saturated rings. The number of hydrogen-bond acceptors (Lipinski definition) is 4. The standard InChI is InChI=1S/C15H17F2N5O2/c1-22(14(23)20-13-8-24-9-15(13,16)17)7-10-2-4-18-6-11(10)12-3-5-19-21-12/h2-6,13H,7-9H2,1H3,(H,19,21)(H,20,23). The van der Waals surface area contributed by atoms with Crippen LogP contribution in [0, 0.1) is 0 Å². The highest BCUT2D eigenvalue weighted by Gasteiger charge is 2.46. The first-order chi connectivity index (χ1) is 11.5. The molecule has 2 aromatic rings. The Hall–Kier alpha value is -2.55. The summed E-state index contributed by atoms with van der Waals surface area (Å²) in [5.74, 6) is -3.05. The minimum absolute atomic E-state index is 0.193. The molecule has 0 bridgehead atoms. The van der Waals surface area contributed by atoms with E-state index in [2.05, 4.69) is 20.5 Å². The molecule has 0 aromatic carbocycles. The summed E-state index contributed by atoms with van der Waals surface area (Å²) in [5, 5.41) is 9.06. The maximum absolute atomic E-state index is 13.5. The molecule has 7 nitrogen and oxygen atoms in total. The van der Waals surface area contributed by atoms with E-state index in [-0.39, 0.29) is 13.2 Å². The Bertz CT molecular complexity index is 708. The van der Waals surface area contributed by atoms with Gasteiger partial charge in [-0.05, 0) is 17.7 Å². The highest BCUT2D eigenvalue weighted by molar-refractivity contribution is 5.75. The molecule has 0 radical (unpaired) electrons. The monoisotopic (exact) mass is 337 g/mol. The Labute approximate surface area is 137 Å². The van der Waals surface area contributed by atoms with Crippen LogP contribution in [0.25, 0.3) is 11.3 Å². The van der Waals surface area contributed by atoms with Gasteiger partial charge in [0.2, 0.25) is 0 Å². The van der Waals surface area contributed by atoms with Crippen LogP contribution in [0.2, 0.25) is 0 Å². The van der Waals surface area contributed by atoms with Crippen molar-refractivity contribution in [2.75, 3.05) is 20.3 Å². The van der Waals surface area contributed by atoms with Crippen LogP contribution in [0.1, 0.15) is 5.56 Å². The summed E-state index contributed by atoms with van der Waals surface area (Å²) in [6, 6.07) is 1.67. The molecule has 1 saturated heterocycles. The SMILES string of the molecule is CN(Cc1ccncc1-c1ccn[nH]1)C(=O)NC1COCC1(F)F. The average molecular weight is 337 g/mol. The first-order valence-electron chi connectivity index (χ1n) is 7.37. The Morgan fingerprint density at radius 3 is 3.00 bits per heavy atom. The van der Waals surface area contributed by atoms with Crippen molar-refractivity contribution in [3.05, 3.63) is 36.3 Å². The van der Waals surface area contributed by atoms with Gasteiger partial charge in [-0.1, -0.05) is 0 Å². The molecule has 1 aliphatic rings. The van der Waals surface area contributed by atoms with Gasteiger partial charge in [-0.2, -0.15) is 5.10 Å². The van der Waals surface area contributed by atoms with Gasteiger partial charge in [0.1, 0.15) is 12.6 Å². The van der Waals surface area contributed by atoms with Gasteiger partial charge in [0, 0.05) is 37.7 Å². The van der Waals surface area contributed by atoms with Gasteiger partial charge in [0.05, 0.1) is 12.3 Å². The summed E-state index contributed by atoms with van der Waals surface area (Å²) in [6.45, 7) is -0.626. The molecule has 0 aliphatic carbocycles. The number of hydrogen-bond donors (Lipinski definition) is 2. The Morgan fingerprint density at radius 2 is 2.33 bits per heavy atom. The molecule has 1 atom stereocenters. The van der Waals surface area contributed by atoms with Crippen molar-refractivity contribution in [2.45, 2.75) is 18.5 Å². The van der Waals surface area contributed by atoms with Crippen molar-refractivity contribution in [3.8, 4) is 11.3 Å². The first kappa shape index (κ1) is 16.3. The lowest BCUT2D eigenvalue weighted by Gasteiger charge is -2.24. The number of ether oxygens (including phenoxy) is 1. The number of aromatic nitrogens is 3. The smallest absolute Gasteiger partial charge is 0.317 e. The fraction of sp³-hybridized carbons (Fsp3) is 0.400. The number of carbonyl (C=O) groups is 1. The molecule has 2 N–H and O–H groups in total. The molecule has 24 heavy (non-hydrogen) atoms. The third kappa shape index (κ3) is 3.35. The topological polar surface area (TPSA) is 83.1 Å². The molecule has 0 saturated carbocycles. The zero-order chi connectivity index (χ0) is 17.2. The molecule has 3 rings (SSSR count). The molecule has 1 aliphatic heterocycles. The predicted octanol–water partition coefficient (Wildman–Crippen LogP) is 1.65. The molecule has 1 unspecified atom stereocenters. The number of carbonyl (C=O) groups excluding carboxylic acids is 1. The molecule has 3 heterocycles. The van der Waals surface area contributed by atoms with Crippen molar-refractivity contribution in [1.29, 1.82) is 0 Å². The average Bonchev–Trinajstić information content (AvgIpc) is 3.18. The van der Waals surface area contributed by atoms with Gasteiger partial charge in [0.25, 0.3) is 5.92 Å². The molecule has 2 aromatic heterocycles. The summed E-state index contributed by atoms with van der Waals surface area (Å²) in [6.07, 6.45) is 4.89. The van der Waals surface area contributed by atoms with E-state index in [9.17, 15) is 13.6 Å². The van der Waals surface area contributed by atoms with Crippen molar-refractivity contribution in [1.82, 2.24) is 25.4 Å². The largest absolute Gasteiger partial charge is 0.373 e. The third-order valence-electron chi connectivity index (χ3n) is 3.84. The maximum Gasteiger partial charge on any atom is 0.317 e. The van der Waals surface area contributed by atoms with Crippen LogP contribution in [0.4, 0.5) is 13.6 Å². The molecule has 2 amide bonds. The summed E-state index contributed by atoms with van der Waals surface area (Å²) >= 11 is 0. The molecule has 9 heteroatoms. The summed E-state index contributed by atoms with van der Waals surface area (Å²) in [5.41, 5.74) is 2.38. The normalized spacial score (nSPS) is 19.2. The third-order valence-corrected chi connectivity index (χ3v) is 3.84. The van der Waals surface area contributed by atoms with Crippen LogP contribution in [0.15, 0.2) is 30.7 Å². The first-order valence-corrected chi connectivity index (χ1v) is 7.37. The van der Waals surface area contributed by atoms with Gasteiger partial charge in [-0.3, -0.25) is 10.1 Å². The maximum atomic E-state index is 13.5. The number of amides is 2. The lowest BCUT2D eigenvalue weighted by molar-refractivity contribution is -0.0222. The minimum Gasteiger partial charge on any atom is -0.373 e. The van der Waals surface area contributed by atoms with Crippen LogP contribution in [0.3, 0.4) is 0 Å². The highest BCUT2D eigenvalue weighted by atomic mass is 19.3.